The van der Waals surface area contributed by atoms with Crippen LogP contribution < -0.4 is 4.90 Å². The van der Waals surface area contributed by atoms with Gasteiger partial charge in [-0.15, -0.1) is 5.10 Å². The summed E-state index contributed by atoms with van der Waals surface area (Å²) in [5, 5.41) is 9.06. The summed E-state index contributed by atoms with van der Waals surface area (Å²) in [5.41, 5.74) is 4.39. The van der Waals surface area contributed by atoms with Gasteiger partial charge < -0.3 is 4.90 Å². The van der Waals surface area contributed by atoms with Crippen LogP contribution >= 0.6 is 11.8 Å². The van der Waals surface area contributed by atoms with Gasteiger partial charge in [-0.3, -0.25) is 9.69 Å². The summed E-state index contributed by atoms with van der Waals surface area (Å²) < 4.78 is 0. The van der Waals surface area contributed by atoms with Crippen molar-refractivity contribution in [3.63, 3.8) is 0 Å². The van der Waals surface area contributed by atoms with Gasteiger partial charge in [0.25, 0.3) is 0 Å². The highest BCUT2D eigenvalue weighted by molar-refractivity contribution is 8.15. The zero-order valence-electron chi connectivity index (χ0n) is 16.1. The lowest BCUT2D eigenvalue weighted by atomic mass is 10.1. The van der Waals surface area contributed by atoms with E-state index in [0.717, 1.165) is 16.8 Å². The van der Waals surface area contributed by atoms with Crippen LogP contribution in [-0.2, 0) is 11.3 Å². The smallest absolute Gasteiger partial charge is 0.242 e. The molecule has 0 radical (unpaired) electrons. The lowest BCUT2D eigenvalue weighted by Gasteiger charge is -2.16. The fraction of sp³-hybridized carbons (Fsp3) is 0.286. The van der Waals surface area contributed by atoms with E-state index in [9.17, 15) is 4.79 Å². The van der Waals surface area contributed by atoms with Crippen molar-refractivity contribution in [3.8, 4) is 0 Å². The first kappa shape index (κ1) is 19.2. The predicted octanol–water partition coefficient (Wildman–Crippen LogP) is 3.92. The van der Waals surface area contributed by atoms with Gasteiger partial charge in [0.05, 0.1) is 18.0 Å². The second kappa shape index (κ2) is 8.39. The maximum absolute atomic E-state index is 12.5. The Kier molecular flexibility index (Phi) is 5.96. The predicted molar refractivity (Wildman–Crippen MR) is 115 cm³/mol. The van der Waals surface area contributed by atoms with Crippen LogP contribution in [0.4, 0.5) is 5.69 Å². The van der Waals surface area contributed by atoms with Gasteiger partial charge in [0, 0.05) is 19.8 Å². The van der Waals surface area contributed by atoms with Crippen LogP contribution in [0.5, 0.6) is 0 Å². The standard InChI is InChI=1S/C21H24N4OS/c1-15-7-5-6-8-18(15)14-25-20(26)16(2)27-21(25)23-22-13-17-9-11-19(12-10-17)24(3)4/h5-13,16H,14H2,1-4H3/b22-13+,23-21+. The average molecular weight is 381 g/mol. The third-order valence-electron chi connectivity index (χ3n) is 4.48. The molecular formula is C21H24N4OS. The van der Waals surface area contributed by atoms with Crippen molar-refractivity contribution in [1.82, 2.24) is 4.90 Å². The minimum Gasteiger partial charge on any atom is -0.378 e. The number of carbonyl (C=O) groups is 1. The number of thioether (sulfide) groups is 1. The summed E-state index contributed by atoms with van der Waals surface area (Å²) in [6.07, 6.45) is 1.71. The first-order chi connectivity index (χ1) is 13.0. The van der Waals surface area contributed by atoms with E-state index >= 15 is 0 Å². The van der Waals surface area contributed by atoms with Crippen molar-refractivity contribution >= 4 is 34.7 Å². The van der Waals surface area contributed by atoms with Crippen LogP contribution in [0.1, 0.15) is 23.6 Å². The van der Waals surface area contributed by atoms with E-state index in [1.165, 1.54) is 17.3 Å². The number of hydrogen-bond donors (Lipinski definition) is 0. The van der Waals surface area contributed by atoms with Crippen LogP contribution in [0.3, 0.4) is 0 Å². The van der Waals surface area contributed by atoms with Crippen molar-refractivity contribution in [2.75, 3.05) is 19.0 Å². The Bertz CT molecular complexity index is 874. The van der Waals surface area contributed by atoms with Crippen molar-refractivity contribution in [3.05, 3.63) is 65.2 Å². The Hall–Kier alpha value is -2.60. The largest absolute Gasteiger partial charge is 0.378 e. The molecule has 0 spiro atoms. The highest BCUT2D eigenvalue weighted by Crippen LogP contribution is 2.29. The van der Waals surface area contributed by atoms with Crippen LogP contribution in [0.2, 0.25) is 0 Å². The van der Waals surface area contributed by atoms with Gasteiger partial charge in [0.1, 0.15) is 0 Å². The summed E-state index contributed by atoms with van der Waals surface area (Å²) in [7, 11) is 4.02. The van der Waals surface area contributed by atoms with Gasteiger partial charge in [-0.05, 0) is 42.7 Å². The fourth-order valence-corrected chi connectivity index (χ4v) is 3.69. The van der Waals surface area contributed by atoms with Crippen LogP contribution in [-0.4, -0.2) is 41.5 Å². The van der Waals surface area contributed by atoms with Crippen LogP contribution in [0.25, 0.3) is 0 Å². The summed E-state index contributed by atoms with van der Waals surface area (Å²) >= 11 is 1.45. The maximum Gasteiger partial charge on any atom is 0.242 e. The third-order valence-corrected chi connectivity index (χ3v) is 5.54. The molecular weight excluding hydrogens is 356 g/mol. The molecule has 0 bridgehead atoms. The molecule has 2 aromatic carbocycles. The van der Waals surface area contributed by atoms with Crippen molar-refractivity contribution in [1.29, 1.82) is 0 Å². The zero-order chi connectivity index (χ0) is 19.4. The normalized spacial score (nSPS) is 18.7. The molecule has 1 amide bonds. The van der Waals surface area contributed by atoms with E-state index in [0.29, 0.717) is 11.7 Å². The molecule has 1 atom stereocenters. The van der Waals surface area contributed by atoms with Gasteiger partial charge in [-0.1, -0.05) is 48.2 Å². The molecule has 0 N–H and O–H groups in total. The van der Waals surface area contributed by atoms with Gasteiger partial charge in [-0.2, -0.15) is 5.10 Å². The highest BCUT2D eigenvalue weighted by atomic mass is 32.2. The lowest BCUT2D eigenvalue weighted by Crippen LogP contribution is -2.31. The number of carbonyl (C=O) groups excluding carboxylic acids is 1. The van der Waals surface area contributed by atoms with E-state index in [1.54, 1.807) is 11.1 Å². The molecule has 0 aliphatic carbocycles. The Balaban J connectivity index is 1.76. The second-order valence-electron chi connectivity index (χ2n) is 6.72. The summed E-state index contributed by atoms with van der Waals surface area (Å²) in [4.78, 5) is 16.3. The minimum absolute atomic E-state index is 0.0764. The molecule has 0 saturated carbocycles. The molecule has 1 unspecified atom stereocenters. The van der Waals surface area contributed by atoms with Gasteiger partial charge >= 0.3 is 0 Å². The van der Waals surface area contributed by atoms with Crippen LogP contribution in [0.15, 0.2) is 58.7 Å². The number of amidine groups is 1. The molecule has 0 aromatic heterocycles. The quantitative estimate of drug-likeness (QED) is 0.584. The second-order valence-corrected chi connectivity index (χ2v) is 8.03. The number of anilines is 1. The number of benzene rings is 2. The lowest BCUT2D eigenvalue weighted by molar-refractivity contribution is -0.126. The molecule has 27 heavy (non-hydrogen) atoms. The summed E-state index contributed by atoms with van der Waals surface area (Å²) in [6.45, 7) is 4.48. The minimum atomic E-state index is -0.137. The Morgan fingerprint density at radius 2 is 1.85 bits per heavy atom. The fourth-order valence-electron chi connectivity index (χ4n) is 2.77. The average Bonchev–Trinajstić information content (AvgIpc) is 2.91. The molecule has 2 aromatic rings. The highest BCUT2D eigenvalue weighted by Gasteiger charge is 2.35. The molecule has 1 saturated heterocycles. The number of hydrogen-bond acceptors (Lipinski definition) is 5. The molecule has 3 rings (SSSR count). The van der Waals surface area contributed by atoms with Gasteiger partial charge in [-0.25, -0.2) is 0 Å². The Morgan fingerprint density at radius 3 is 2.52 bits per heavy atom. The van der Waals surface area contributed by atoms with Crippen molar-refractivity contribution in [2.45, 2.75) is 25.6 Å². The molecule has 1 heterocycles. The van der Waals surface area contributed by atoms with E-state index < -0.39 is 0 Å². The molecule has 1 fully saturated rings. The van der Waals surface area contributed by atoms with E-state index in [1.807, 2.05) is 68.4 Å². The summed E-state index contributed by atoms with van der Waals surface area (Å²) in [5.74, 6) is 0.0764. The Morgan fingerprint density at radius 1 is 1.15 bits per heavy atom. The number of aryl methyl sites for hydroxylation is 1. The number of amides is 1. The van der Waals surface area contributed by atoms with E-state index in [-0.39, 0.29) is 11.2 Å². The summed E-state index contributed by atoms with van der Waals surface area (Å²) in [6, 6.07) is 16.2. The van der Waals surface area contributed by atoms with E-state index in [4.69, 9.17) is 0 Å². The molecule has 1 aliphatic heterocycles. The SMILES string of the molecule is Cc1ccccc1CN1C(=O)C(C)S/C1=N/N=C/c1ccc(N(C)C)cc1. The first-order valence-electron chi connectivity index (χ1n) is 8.86. The maximum atomic E-state index is 12.5. The van der Waals surface area contributed by atoms with Crippen molar-refractivity contribution < 1.29 is 4.79 Å². The first-order valence-corrected chi connectivity index (χ1v) is 9.74. The molecule has 5 nitrogen and oxygen atoms in total. The number of rotatable bonds is 5. The Labute approximate surface area is 164 Å². The van der Waals surface area contributed by atoms with E-state index in [2.05, 4.69) is 23.2 Å². The van der Waals surface area contributed by atoms with Crippen molar-refractivity contribution in [2.24, 2.45) is 10.2 Å². The molecule has 140 valence electrons. The van der Waals surface area contributed by atoms with Gasteiger partial charge in [0.15, 0.2) is 5.17 Å². The monoisotopic (exact) mass is 380 g/mol. The third kappa shape index (κ3) is 4.57. The topological polar surface area (TPSA) is 48.3 Å². The number of nitrogens with zero attached hydrogens (tertiary/aromatic N) is 4. The van der Waals surface area contributed by atoms with Gasteiger partial charge in [0.2, 0.25) is 5.91 Å². The zero-order valence-corrected chi connectivity index (χ0v) is 16.9. The molecule has 6 heteroatoms. The molecule has 1 aliphatic rings. The van der Waals surface area contributed by atoms with Crippen LogP contribution in [0, 0.1) is 6.92 Å².